The third-order valence-corrected chi connectivity index (χ3v) is 2.31. The van der Waals surface area contributed by atoms with Crippen molar-refractivity contribution in [3.05, 3.63) is 28.8 Å². The van der Waals surface area contributed by atoms with Gasteiger partial charge in [-0.3, -0.25) is 4.79 Å². The fraction of sp³-hybridized carbons (Fsp3) is 0.273. The Morgan fingerprint density at radius 2 is 2.12 bits per heavy atom. The van der Waals surface area contributed by atoms with Crippen LogP contribution in [-0.4, -0.2) is 25.7 Å². The number of carbonyl (C=O) groups is 2. The van der Waals surface area contributed by atoms with Crippen LogP contribution in [-0.2, 0) is 14.3 Å². The lowest BCUT2D eigenvalue weighted by Gasteiger charge is -2.06. The van der Waals surface area contributed by atoms with Crippen LogP contribution in [0.2, 0.25) is 5.02 Å². The van der Waals surface area contributed by atoms with Crippen molar-refractivity contribution in [2.45, 2.75) is 6.42 Å². The number of benzene rings is 1. The molecule has 0 aromatic heterocycles. The van der Waals surface area contributed by atoms with Gasteiger partial charge in [0.1, 0.15) is 6.61 Å². The number of esters is 2. The number of nitrogen functional groups attached to an aromatic ring is 1. The molecule has 0 aliphatic carbocycles. The zero-order chi connectivity index (χ0) is 12.8. The Morgan fingerprint density at radius 3 is 2.76 bits per heavy atom. The average Bonchev–Trinajstić information content (AvgIpc) is 2.31. The number of methoxy groups -OCH3 is 1. The highest BCUT2D eigenvalue weighted by molar-refractivity contribution is 6.33. The summed E-state index contributed by atoms with van der Waals surface area (Å²) < 4.78 is 9.26. The minimum Gasteiger partial charge on any atom is -0.469 e. The van der Waals surface area contributed by atoms with Crippen LogP contribution in [0, 0.1) is 0 Å². The maximum atomic E-state index is 11.6. The second-order valence-electron chi connectivity index (χ2n) is 3.20. The molecule has 0 amide bonds. The van der Waals surface area contributed by atoms with E-state index in [4.69, 9.17) is 22.1 Å². The highest BCUT2D eigenvalue weighted by Crippen LogP contribution is 2.19. The molecule has 0 spiro atoms. The van der Waals surface area contributed by atoms with E-state index in [9.17, 15) is 9.59 Å². The maximum Gasteiger partial charge on any atom is 0.339 e. The first-order chi connectivity index (χ1) is 8.04. The van der Waals surface area contributed by atoms with Crippen molar-refractivity contribution in [2.24, 2.45) is 0 Å². The molecule has 0 saturated heterocycles. The molecule has 0 aliphatic rings. The van der Waals surface area contributed by atoms with E-state index in [0.717, 1.165) is 0 Å². The van der Waals surface area contributed by atoms with Gasteiger partial charge < -0.3 is 15.2 Å². The summed E-state index contributed by atoms with van der Waals surface area (Å²) in [6.45, 7) is -0.0589. The minimum absolute atomic E-state index is 0.00216. The van der Waals surface area contributed by atoms with E-state index in [1.807, 2.05) is 0 Å². The smallest absolute Gasteiger partial charge is 0.339 e. The summed E-state index contributed by atoms with van der Waals surface area (Å²) in [5, 5.41) is 0.252. The van der Waals surface area contributed by atoms with Gasteiger partial charge in [0.2, 0.25) is 0 Å². The summed E-state index contributed by atoms with van der Waals surface area (Å²) in [7, 11) is 1.26. The first-order valence-corrected chi connectivity index (χ1v) is 5.21. The molecule has 0 saturated carbocycles. The highest BCUT2D eigenvalue weighted by Gasteiger charge is 2.12. The van der Waals surface area contributed by atoms with Crippen LogP contribution >= 0.6 is 11.6 Å². The Hall–Kier alpha value is -1.75. The molecule has 92 valence electrons. The van der Waals surface area contributed by atoms with Crippen LogP contribution < -0.4 is 5.73 Å². The second kappa shape index (κ2) is 6.10. The van der Waals surface area contributed by atoms with Gasteiger partial charge >= 0.3 is 11.9 Å². The first-order valence-electron chi connectivity index (χ1n) is 4.83. The Labute approximate surface area is 103 Å². The van der Waals surface area contributed by atoms with Gasteiger partial charge in [-0.05, 0) is 18.2 Å². The molecular formula is C11H12ClNO4. The van der Waals surface area contributed by atoms with Gasteiger partial charge in [-0.2, -0.15) is 0 Å². The zero-order valence-corrected chi connectivity index (χ0v) is 9.99. The summed E-state index contributed by atoms with van der Waals surface area (Å²) in [6.07, 6.45) is 0.00216. The largest absolute Gasteiger partial charge is 0.469 e. The molecular weight excluding hydrogens is 246 g/mol. The zero-order valence-electron chi connectivity index (χ0n) is 9.23. The second-order valence-corrected chi connectivity index (χ2v) is 3.61. The fourth-order valence-electron chi connectivity index (χ4n) is 1.11. The molecule has 0 radical (unpaired) electrons. The third-order valence-electron chi connectivity index (χ3n) is 1.98. The lowest BCUT2D eigenvalue weighted by atomic mass is 10.2. The van der Waals surface area contributed by atoms with Gasteiger partial charge in [-0.1, -0.05) is 11.6 Å². The lowest BCUT2D eigenvalue weighted by Crippen LogP contribution is -2.11. The van der Waals surface area contributed by atoms with Crippen molar-refractivity contribution in [3.8, 4) is 0 Å². The van der Waals surface area contributed by atoms with Crippen molar-refractivity contribution in [1.29, 1.82) is 0 Å². The van der Waals surface area contributed by atoms with Gasteiger partial charge in [0, 0.05) is 5.69 Å². The van der Waals surface area contributed by atoms with Crippen molar-refractivity contribution >= 4 is 29.2 Å². The monoisotopic (exact) mass is 257 g/mol. The summed E-state index contributed by atoms with van der Waals surface area (Å²) in [5.41, 5.74) is 6.11. The molecule has 0 aliphatic heterocycles. The Bertz CT molecular complexity index is 433. The van der Waals surface area contributed by atoms with Crippen LogP contribution in [0.5, 0.6) is 0 Å². The molecule has 1 aromatic carbocycles. The van der Waals surface area contributed by atoms with Gasteiger partial charge in [0.25, 0.3) is 0 Å². The van der Waals surface area contributed by atoms with E-state index in [1.165, 1.54) is 19.2 Å². The first kappa shape index (κ1) is 13.3. The molecule has 0 bridgehead atoms. The number of anilines is 1. The Morgan fingerprint density at radius 1 is 1.41 bits per heavy atom. The molecule has 17 heavy (non-hydrogen) atoms. The van der Waals surface area contributed by atoms with Crippen molar-refractivity contribution < 1.29 is 19.1 Å². The topological polar surface area (TPSA) is 78.6 Å². The SMILES string of the molecule is COC(=O)CCOC(=O)c1cc(N)ccc1Cl. The van der Waals surface area contributed by atoms with Crippen molar-refractivity contribution in [2.75, 3.05) is 19.5 Å². The molecule has 1 rings (SSSR count). The Balaban J connectivity index is 2.58. The van der Waals surface area contributed by atoms with E-state index < -0.39 is 11.9 Å². The molecule has 0 unspecified atom stereocenters. The van der Waals surface area contributed by atoms with Crippen LogP contribution in [0.3, 0.4) is 0 Å². The van der Waals surface area contributed by atoms with Gasteiger partial charge in [0.05, 0.1) is 24.1 Å². The van der Waals surface area contributed by atoms with Gasteiger partial charge in [-0.25, -0.2) is 4.79 Å². The number of hydrogen-bond donors (Lipinski definition) is 1. The summed E-state index contributed by atoms with van der Waals surface area (Å²) >= 11 is 5.81. The lowest BCUT2D eigenvalue weighted by molar-refractivity contribution is -0.141. The van der Waals surface area contributed by atoms with Gasteiger partial charge in [-0.15, -0.1) is 0 Å². The molecule has 0 heterocycles. The quantitative estimate of drug-likeness (QED) is 0.655. The van der Waals surface area contributed by atoms with E-state index >= 15 is 0 Å². The summed E-state index contributed by atoms with van der Waals surface area (Å²) in [5.74, 6) is -1.07. The number of carbonyl (C=O) groups excluding carboxylic acids is 2. The predicted molar refractivity (Wildman–Crippen MR) is 62.8 cm³/mol. The van der Waals surface area contributed by atoms with E-state index in [-0.39, 0.29) is 23.6 Å². The standard InChI is InChI=1S/C11H12ClNO4/c1-16-10(14)4-5-17-11(15)8-6-7(13)2-3-9(8)12/h2-3,6H,4-5,13H2,1H3. The van der Waals surface area contributed by atoms with Crippen molar-refractivity contribution in [1.82, 2.24) is 0 Å². The number of nitrogens with two attached hydrogens (primary N) is 1. The highest BCUT2D eigenvalue weighted by atomic mass is 35.5. The molecule has 5 nitrogen and oxygen atoms in total. The fourth-order valence-corrected chi connectivity index (χ4v) is 1.30. The molecule has 0 fully saturated rings. The average molecular weight is 258 g/mol. The summed E-state index contributed by atoms with van der Waals surface area (Å²) in [6, 6.07) is 4.50. The van der Waals surface area contributed by atoms with E-state index in [0.29, 0.717) is 5.69 Å². The number of rotatable bonds is 4. The molecule has 1 aromatic rings. The number of halogens is 1. The van der Waals surface area contributed by atoms with Gasteiger partial charge in [0.15, 0.2) is 0 Å². The van der Waals surface area contributed by atoms with Crippen molar-refractivity contribution in [3.63, 3.8) is 0 Å². The predicted octanol–water partition coefficient (Wildman–Crippen LogP) is 1.64. The maximum absolute atomic E-state index is 11.6. The van der Waals surface area contributed by atoms with E-state index in [1.54, 1.807) is 6.07 Å². The van der Waals surface area contributed by atoms with Crippen LogP contribution in [0.25, 0.3) is 0 Å². The van der Waals surface area contributed by atoms with E-state index in [2.05, 4.69) is 4.74 Å². The Kier molecular flexibility index (Phi) is 4.78. The number of ether oxygens (including phenoxy) is 2. The van der Waals surface area contributed by atoms with Crippen LogP contribution in [0.4, 0.5) is 5.69 Å². The molecule has 6 heteroatoms. The molecule has 0 atom stereocenters. The minimum atomic E-state index is -0.619. The summed E-state index contributed by atoms with van der Waals surface area (Å²) in [4.78, 5) is 22.4. The van der Waals surface area contributed by atoms with Crippen LogP contribution in [0.15, 0.2) is 18.2 Å². The van der Waals surface area contributed by atoms with Crippen LogP contribution in [0.1, 0.15) is 16.8 Å². The normalized spacial score (nSPS) is 9.76. The molecule has 2 N–H and O–H groups in total. The number of hydrogen-bond acceptors (Lipinski definition) is 5. The third kappa shape index (κ3) is 3.96.